The van der Waals surface area contributed by atoms with Crippen molar-refractivity contribution < 1.29 is 13.2 Å². The Morgan fingerprint density at radius 2 is 1.48 bits per heavy atom. The molecule has 1 amide bonds. The lowest BCUT2D eigenvalue weighted by atomic mass is 10.0. The average Bonchev–Trinajstić information content (AvgIpc) is 2.83. The summed E-state index contributed by atoms with van der Waals surface area (Å²) in [5.74, 6) is -0.379. The number of carbonyl (C=O) groups is 1. The zero-order chi connectivity index (χ0) is 24.0. The summed E-state index contributed by atoms with van der Waals surface area (Å²) in [6.45, 7) is 5.68. The highest BCUT2D eigenvalue weighted by Crippen LogP contribution is 2.27. The van der Waals surface area contributed by atoms with Gasteiger partial charge in [0.05, 0.1) is 10.6 Å². The van der Waals surface area contributed by atoms with Gasteiger partial charge >= 0.3 is 0 Å². The summed E-state index contributed by atoms with van der Waals surface area (Å²) in [4.78, 5) is 14.3. The van der Waals surface area contributed by atoms with Crippen LogP contribution in [-0.4, -0.2) is 27.1 Å². The van der Waals surface area contributed by atoms with Gasteiger partial charge in [-0.05, 0) is 73.5 Å². The van der Waals surface area contributed by atoms with Gasteiger partial charge in [-0.1, -0.05) is 49.7 Å². The maximum atomic E-state index is 13.6. The minimum atomic E-state index is -3.95. The van der Waals surface area contributed by atoms with E-state index in [-0.39, 0.29) is 17.3 Å². The number of hydrogen-bond donors (Lipinski definition) is 1. The molecule has 0 aliphatic heterocycles. The molecular weight excluding hydrogens is 452 g/mol. The Hall–Kier alpha value is -2.77. The quantitative estimate of drug-likeness (QED) is 0.399. The molecule has 1 N–H and O–H groups in total. The smallest absolute Gasteiger partial charge is 0.264 e. The van der Waals surface area contributed by atoms with Crippen LogP contribution in [-0.2, 0) is 27.7 Å². The number of nitrogens with one attached hydrogen (secondary N) is 1. The number of carbonyl (C=O) groups excluding carboxylic acids is 1. The summed E-state index contributed by atoms with van der Waals surface area (Å²) in [7, 11) is -3.95. The Balaban J connectivity index is 1.97. The van der Waals surface area contributed by atoms with Crippen LogP contribution < -0.4 is 9.62 Å². The Morgan fingerprint density at radius 1 is 0.909 bits per heavy atom. The fourth-order valence-corrected chi connectivity index (χ4v) is 5.44. The van der Waals surface area contributed by atoms with Gasteiger partial charge in [0, 0.05) is 10.6 Å². The van der Waals surface area contributed by atoms with Crippen molar-refractivity contribution in [2.24, 2.45) is 0 Å². The van der Waals surface area contributed by atoms with Crippen molar-refractivity contribution in [2.45, 2.75) is 43.4 Å². The first-order chi connectivity index (χ1) is 15.8. The third kappa shape index (κ3) is 5.78. The molecule has 0 fully saturated rings. The molecular formula is C26H30N2O3S2. The van der Waals surface area contributed by atoms with Gasteiger partial charge in [-0.15, -0.1) is 11.8 Å². The number of rotatable bonds is 9. The minimum Gasteiger partial charge on any atom is -0.324 e. The molecule has 0 heterocycles. The molecule has 3 aromatic carbocycles. The van der Waals surface area contributed by atoms with Crippen LogP contribution in [0.2, 0.25) is 0 Å². The summed E-state index contributed by atoms with van der Waals surface area (Å²) in [5, 5.41) is 2.99. The lowest BCUT2D eigenvalue weighted by molar-refractivity contribution is -0.114. The van der Waals surface area contributed by atoms with Crippen LogP contribution in [0.15, 0.2) is 76.5 Å². The Morgan fingerprint density at radius 3 is 2.00 bits per heavy atom. The lowest BCUT2D eigenvalue weighted by Gasteiger charge is -2.25. The fraction of sp³-hybridized carbons (Fsp3) is 0.269. The monoisotopic (exact) mass is 482 g/mol. The van der Waals surface area contributed by atoms with E-state index in [9.17, 15) is 13.2 Å². The number of sulfonamides is 1. The molecule has 0 aliphatic rings. The zero-order valence-corrected chi connectivity index (χ0v) is 21.1. The summed E-state index contributed by atoms with van der Waals surface area (Å²) < 4.78 is 28.4. The summed E-state index contributed by atoms with van der Waals surface area (Å²) in [6.07, 6.45) is 3.47. The molecule has 0 spiro atoms. The molecule has 0 aliphatic carbocycles. The highest BCUT2D eigenvalue weighted by atomic mass is 32.2. The number of nitrogens with zero attached hydrogens (tertiary/aromatic N) is 1. The number of anilines is 2. The highest BCUT2D eigenvalue weighted by molar-refractivity contribution is 7.98. The molecule has 0 unspecified atom stereocenters. The summed E-state index contributed by atoms with van der Waals surface area (Å²) >= 11 is 1.54. The van der Waals surface area contributed by atoms with Crippen molar-refractivity contribution in [1.29, 1.82) is 0 Å². The second-order valence-corrected chi connectivity index (χ2v) is 10.5. The molecule has 0 saturated carbocycles. The molecule has 0 radical (unpaired) electrons. The first-order valence-corrected chi connectivity index (χ1v) is 13.6. The average molecular weight is 483 g/mol. The predicted molar refractivity (Wildman–Crippen MR) is 138 cm³/mol. The molecule has 3 rings (SSSR count). The molecule has 0 saturated heterocycles. The topological polar surface area (TPSA) is 66.5 Å². The van der Waals surface area contributed by atoms with Gasteiger partial charge in [0.25, 0.3) is 10.0 Å². The molecule has 7 heteroatoms. The zero-order valence-electron chi connectivity index (χ0n) is 19.5. The number of aryl methyl sites for hydroxylation is 3. The van der Waals surface area contributed by atoms with E-state index in [2.05, 4.69) is 5.32 Å². The normalized spacial score (nSPS) is 11.3. The molecule has 0 atom stereocenters. The molecule has 3 aromatic rings. The molecule has 174 valence electrons. The second-order valence-electron chi connectivity index (χ2n) is 7.73. The van der Waals surface area contributed by atoms with E-state index in [4.69, 9.17) is 0 Å². The molecule has 33 heavy (non-hydrogen) atoms. The maximum Gasteiger partial charge on any atom is 0.264 e. The number of amides is 1. The maximum absolute atomic E-state index is 13.6. The number of thioether (sulfide) groups is 1. The van der Waals surface area contributed by atoms with E-state index in [1.807, 2.05) is 57.4 Å². The van der Waals surface area contributed by atoms with Gasteiger partial charge in [-0.25, -0.2) is 8.42 Å². The van der Waals surface area contributed by atoms with Crippen molar-refractivity contribution in [3.05, 3.63) is 83.4 Å². The Kier molecular flexibility index (Phi) is 8.21. The van der Waals surface area contributed by atoms with Gasteiger partial charge < -0.3 is 5.32 Å². The van der Waals surface area contributed by atoms with Crippen molar-refractivity contribution in [3.8, 4) is 0 Å². The summed E-state index contributed by atoms with van der Waals surface area (Å²) in [5.41, 5.74) is 4.29. The van der Waals surface area contributed by atoms with Crippen LogP contribution in [0.25, 0.3) is 0 Å². The van der Waals surface area contributed by atoms with Gasteiger partial charge in [-0.3, -0.25) is 9.10 Å². The van der Waals surface area contributed by atoms with E-state index in [0.717, 1.165) is 40.1 Å². The van der Waals surface area contributed by atoms with E-state index in [1.54, 1.807) is 48.2 Å². The van der Waals surface area contributed by atoms with Crippen LogP contribution in [0, 0.1) is 6.92 Å². The van der Waals surface area contributed by atoms with Gasteiger partial charge in [-0.2, -0.15) is 0 Å². The molecule has 0 bridgehead atoms. The highest BCUT2D eigenvalue weighted by Gasteiger charge is 2.27. The van der Waals surface area contributed by atoms with Crippen molar-refractivity contribution in [3.63, 3.8) is 0 Å². The van der Waals surface area contributed by atoms with Crippen LogP contribution in [0.1, 0.15) is 30.5 Å². The standard InChI is InChI=1S/C26H30N2O3S2/c1-5-20-8-7-9-21(6-2)26(20)27-25(29)18-28(22-12-10-19(3)11-13-22)33(30,31)24-16-14-23(32-4)15-17-24/h7-17H,5-6,18H2,1-4H3,(H,27,29). The lowest BCUT2D eigenvalue weighted by Crippen LogP contribution is -2.38. The van der Waals surface area contributed by atoms with Crippen molar-refractivity contribution in [1.82, 2.24) is 0 Å². The van der Waals surface area contributed by atoms with Gasteiger partial charge in [0.15, 0.2) is 0 Å². The fourth-order valence-electron chi connectivity index (χ4n) is 3.61. The largest absolute Gasteiger partial charge is 0.324 e. The van der Waals surface area contributed by atoms with Crippen LogP contribution in [0.3, 0.4) is 0 Å². The third-order valence-corrected chi connectivity index (χ3v) is 8.05. The third-order valence-electron chi connectivity index (χ3n) is 5.52. The Bertz CT molecular complexity index is 1180. The predicted octanol–water partition coefficient (Wildman–Crippen LogP) is 5.68. The number of hydrogen-bond acceptors (Lipinski definition) is 4. The van der Waals surface area contributed by atoms with Crippen LogP contribution >= 0.6 is 11.8 Å². The minimum absolute atomic E-state index is 0.150. The second kappa shape index (κ2) is 10.9. The Labute approximate surface area is 201 Å². The van der Waals surface area contributed by atoms with E-state index in [0.29, 0.717) is 5.69 Å². The van der Waals surface area contributed by atoms with Crippen LogP contribution in [0.4, 0.5) is 11.4 Å². The van der Waals surface area contributed by atoms with Crippen molar-refractivity contribution >= 4 is 39.1 Å². The first-order valence-electron chi connectivity index (χ1n) is 10.9. The van der Waals surface area contributed by atoms with E-state index in [1.165, 1.54) is 4.31 Å². The van der Waals surface area contributed by atoms with E-state index < -0.39 is 10.0 Å². The van der Waals surface area contributed by atoms with Gasteiger partial charge in [0.1, 0.15) is 6.54 Å². The first kappa shape index (κ1) is 24.9. The van der Waals surface area contributed by atoms with Crippen LogP contribution in [0.5, 0.6) is 0 Å². The SMILES string of the molecule is CCc1cccc(CC)c1NC(=O)CN(c1ccc(C)cc1)S(=O)(=O)c1ccc(SC)cc1. The van der Waals surface area contributed by atoms with Gasteiger partial charge in [0.2, 0.25) is 5.91 Å². The number of benzene rings is 3. The van der Waals surface area contributed by atoms with Crippen molar-refractivity contribution in [2.75, 3.05) is 22.4 Å². The summed E-state index contributed by atoms with van der Waals surface area (Å²) in [6, 6.07) is 19.8. The number of para-hydroxylation sites is 1. The molecule has 0 aromatic heterocycles. The molecule has 5 nitrogen and oxygen atoms in total. The van der Waals surface area contributed by atoms with E-state index >= 15 is 0 Å².